The molecular formula is C23H36F3NO3. The Morgan fingerprint density at radius 1 is 1.03 bits per heavy atom. The van der Waals surface area contributed by atoms with Crippen molar-refractivity contribution in [1.29, 1.82) is 0 Å². The van der Waals surface area contributed by atoms with Crippen LogP contribution in [0.3, 0.4) is 0 Å². The highest BCUT2D eigenvalue weighted by Gasteiger charge is 2.65. The van der Waals surface area contributed by atoms with Crippen molar-refractivity contribution in [2.75, 3.05) is 0 Å². The lowest BCUT2D eigenvalue weighted by Gasteiger charge is -2.62. The second-order valence-corrected chi connectivity index (χ2v) is 11.2. The minimum absolute atomic E-state index is 0.0786. The number of hydrogen-bond donors (Lipinski definition) is 3. The summed E-state index contributed by atoms with van der Waals surface area (Å²) in [5, 5.41) is 23.9. The Morgan fingerprint density at radius 2 is 1.70 bits per heavy atom. The molecule has 172 valence electrons. The predicted molar refractivity (Wildman–Crippen MR) is 106 cm³/mol. The van der Waals surface area contributed by atoms with E-state index in [1.54, 1.807) is 6.92 Å². The Labute approximate surface area is 177 Å². The van der Waals surface area contributed by atoms with Gasteiger partial charge in [0.2, 0.25) is 0 Å². The molecule has 0 aliphatic heterocycles. The summed E-state index contributed by atoms with van der Waals surface area (Å²) in [6, 6.07) is -0.394. The van der Waals surface area contributed by atoms with Crippen LogP contribution in [0.15, 0.2) is 0 Å². The highest BCUT2D eigenvalue weighted by atomic mass is 19.4. The van der Waals surface area contributed by atoms with Crippen LogP contribution in [0.1, 0.15) is 78.6 Å². The van der Waals surface area contributed by atoms with Crippen LogP contribution >= 0.6 is 0 Å². The summed E-state index contributed by atoms with van der Waals surface area (Å²) in [5.74, 6) is -0.102. The molecule has 30 heavy (non-hydrogen) atoms. The lowest BCUT2D eigenvalue weighted by atomic mass is 9.44. The number of fused-ring (bicyclic) bond motifs is 5. The van der Waals surface area contributed by atoms with Gasteiger partial charge < -0.3 is 15.5 Å². The molecule has 0 bridgehead atoms. The molecule has 7 heteroatoms. The fraction of sp³-hybridized carbons (Fsp3) is 0.957. The summed E-state index contributed by atoms with van der Waals surface area (Å²) < 4.78 is 38.0. The quantitative estimate of drug-likeness (QED) is 0.614. The summed E-state index contributed by atoms with van der Waals surface area (Å²) in [6.45, 7) is 6.18. The van der Waals surface area contributed by atoms with Gasteiger partial charge in [-0.2, -0.15) is 13.2 Å². The molecule has 3 N–H and O–H groups in total. The summed E-state index contributed by atoms with van der Waals surface area (Å²) in [7, 11) is 0. The molecule has 0 aromatic carbocycles. The summed E-state index contributed by atoms with van der Waals surface area (Å²) in [5.41, 5.74) is -1.22. The molecular weight excluding hydrogens is 395 g/mol. The summed E-state index contributed by atoms with van der Waals surface area (Å²) in [4.78, 5) is 11.4. The van der Waals surface area contributed by atoms with Crippen molar-refractivity contribution >= 4 is 5.91 Å². The molecule has 1 amide bonds. The molecule has 4 aliphatic carbocycles. The molecule has 4 saturated carbocycles. The average molecular weight is 432 g/mol. The molecule has 0 aromatic heterocycles. The number of amides is 1. The van der Waals surface area contributed by atoms with Gasteiger partial charge in [-0.1, -0.05) is 13.8 Å². The van der Waals surface area contributed by atoms with E-state index in [1.165, 1.54) is 0 Å². The lowest BCUT2D eigenvalue weighted by molar-refractivity contribution is -0.185. The molecule has 4 rings (SSSR count). The minimum atomic E-state index is -4.82. The van der Waals surface area contributed by atoms with Crippen molar-refractivity contribution in [3.05, 3.63) is 0 Å². The van der Waals surface area contributed by atoms with Crippen LogP contribution in [0.2, 0.25) is 0 Å². The van der Waals surface area contributed by atoms with Crippen molar-refractivity contribution < 1.29 is 28.2 Å². The predicted octanol–water partition coefficient (Wildman–Crippen LogP) is 4.19. The first kappa shape index (κ1) is 22.4. The van der Waals surface area contributed by atoms with E-state index in [0.717, 1.165) is 38.5 Å². The van der Waals surface area contributed by atoms with E-state index in [9.17, 15) is 28.2 Å². The maximum Gasteiger partial charge on any atom is 0.471 e. The SMILES string of the molecule is C[C@H](O)[C@@]1(O)CC[C@H]2[C@@H]3CCC4CC(NC(=O)C(F)(F)F)CC[C@]4(C)[C@H]3CC[C@@]21C. The highest BCUT2D eigenvalue weighted by Crippen LogP contribution is 2.68. The number of halogens is 3. The number of nitrogens with one attached hydrogen (secondary N) is 1. The second-order valence-electron chi connectivity index (χ2n) is 11.2. The molecule has 0 heterocycles. The van der Waals surface area contributed by atoms with Crippen LogP contribution < -0.4 is 5.32 Å². The first-order valence-corrected chi connectivity index (χ1v) is 11.6. The fourth-order valence-corrected chi connectivity index (χ4v) is 8.39. The number of alkyl halides is 3. The summed E-state index contributed by atoms with van der Waals surface area (Å²) >= 11 is 0. The number of rotatable bonds is 2. The Kier molecular flexibility index (Phi) is 5.29. The molecule has 2 unspecified atom stereocenters. The zero-order valence-corrected chi connectivity index (χ0v) is 18.3. The topological polar surface area (TPSA) is 69.6 Å². The Hall–Kier alpha value is -0.820. The van der Waals surface area contributed by atoms with E-state index in [-0.39, 0.29) is 10.8 Å². The number of carbonyl (C=O) groups is 1. The lowest BCUT2D eigenvalue weighted by Crippen LogP contribution is -2.60. The summed E-state index contributed by atoms with van der Waals surface area (Å²) in [6.07, 6.45) is 1.95. The van der Waals surface area contributed by atoms with E-state index >= 15 is 0 Å². The third-order valence-corrected chi connectivity index (χ3v) is 10.2. The van der Waals surface area contributed by atoms with Gasteiger partial charge in [-0.3, -0.25) is 4.79 Å². The Bertz CT molecular complexity index is 698. The minimum Gasteiger partial charge on any atom is -0.390 e. The van der Waals surface area contributed by atoms with Gasteiger partial charge in [0, 0.05) is 11.5 Å². The van der Waals surface area contributed by atoms with Crippen molar-refractivity contribution in [2.45, 2.75) is 102 Å². The van der Waals surface area contributed by atoms with Crippen LogP contribution in [0, 0.1) is 34.5 Å². The van der Waals surface area contributed by atoms with E-state index in [0.29, 0.717) is 42.9 Å². The van der Waals surface area contributed by atoms with Gasteiger partial charge >= 0.3 is 12.1 Å². The normalized spacial score (nSPS) is 49.5. The molecule has 0 radical (unpaired) electrons. The van der Waals surface area contributed by atoms with Crippen molar-refractivity contribution in [3.63, 3.8) is 0 Å². The van der Waals surface area contributed by atoms with Gasteiger partial charge in [0.25, 0.3) is 0 Å². The number of aliphatic hydroxyl groups excluding tert-OH is 1. The third kappa shape index (κ3) is 3.13. The van der Waals surface area contributed by atoms with Crippen molar-refractivity contribution in [3.8, 4) is 0 Å². The van der Waals surface area contributed by atoms with Gasteiger partial charge in [0.15, 0.2) is 0 Å². The monoisotopic (exact) mass is 431 g/mol. The van der Waals surface area contributed by atoms with Gasteiger partial charge in [-0.05, 0) is 93.8 Å². The van der Waals surface area contributed by atoms with Gasteiger partial charge in [-0.15, -0.1) is 0 Å². The van der Waals surface area contributed by atoms with E-state index in [2.05, 4.69) is 19.2 Å². The molecule has 0 saturated heterocycles. The number of hydrogen-bond acceptors (Lipinski definition) is 3. The van der Waals surface area contributed by atoms with Crippen LogP contribution in [-0.4, -0.2) is 40.0 Å². The molecule has 9 atom stereocenters. The van der Waals surface area contributed by atoms with Gasteiger partial charge in [0.1, 0.15) is 0 Å². The van der Waals surface area contributed by atoms with Gasteiger partial charge in [-0.25, -0.2) is 0 Å². The number of aliphatic hydroxyl groups is 2. The van der Waals surface area contributed by atoms with Crippen LogP contribution in [0.4, 0.5) is 13.2 Å². The fourth-order valence-electron chi connectivity index (χ4n) is 8.39. The zero-order valence-electron chi connectivity index (χ0n) is 18.3. The van der Waals surface area contributed by atoms with Crippen LogP contribution in [-0.2, 0) is 4.79 Å². The largest absolute Gasteiger partial charge is 0.471 e. The van der Waals surface area contributed by atoms with Crippen molar-refractivity contribution in [2.24, 2.45) is 34.5 Å². The average Bonchev–Trinajstić information content (AvgIpc) is 2.94. The molecule has 4 aliphatic rings. The van der Waals surface area contributed by atoms with E-state index in [4.69, 9.17) is 0 Å². The zero-order chi connectivity index (χ0) is 22.1. The van der Waals surface area contributed by atoms with Crippen LogP contribution in [0.25, 0.3) is 0 Å². The smallest absolute Gasteiger partial charge is 0.390 e. The highest BCUT2D eigenvalue weighted by molar-refractivity contribution is 5.81. The molecule has 4 nitrogen and oxygen atoms in total. The Balaban J connectivity index is 1.50. The first-order chi connectivity index (χ1) is 13.8. The van der Waals surface area contributed by atoms with E-state index < -0.39 is 29.8 Å². The molecule has 4 fully saturated rings. The third-order valence-electron chi connectivity index (χ3n) is 10.2. The van der Waals surface area contributed by atoms with E-state index in [1.807, 2.05) is 0 Å². The van der Waals surface area contributed by atoms with Gasteiger partial charge in [0.05, 0.1) is 11.7 Å². The maximum absolute atomic E-state index is 12.7. The standard InChI is InChI=1S/C23H36F3NO3/c1-13(28)22(30)11-8-18-16-5-4-14-12-15(27-19(29)23(24,25)26)6-9-20(14,2)17(16)7-10-21(18,22)3/h13-18,28,30H,4-12H2,1-3H3,(H,27,29)/t13-,14?,15?,16+,17-,18-,20-,21-,22-/m0/s1. The Morgan fingerprint density at radius 3 is 2.33 bits per heavy atom. The second kappa shape index (κ2) is 7.09. The maximum atomic E-state index is 12.7. The van der Waals surface area contributed by atoms with Crippen LogP contribution in [0.5, 0.6) is 0 Å². The first-order valence-electron chi connectivity index (χ1n) is 11.6. The number of carbonyl (C=O) groups excluding carboxylic acids is 1. The molecule has 0 spiro atoms. The molecule has 0 aromatic rings. The van der Waals surface area contributed by atoms with Crippen molar-refractivity contribution in [1.82, 2.24) is 5.32 Å².